The van der Waals surface area contributed by atoms with Gasteiger partial charge in [-0.25, -0.2) is 0 Å². The van der Waals surface area contributed by atoms with Crippen LogP contribution in [0.15, 0.2) is 24.4 Å². The van der Waals surface area contributed by atoms with Crippen LogP contribution in [0.1, 0.15) is 5.69 Å². The minimum absolute atomic E-state index is 0.583. The SMILES string of the molecule is COc1cc(Cl)c(NCc2ccnn2C)cc1OC. The monoisotopic (exact) mass is 281 g/mol. The van der Waals surface area contributed by atoms with Crippen molar-refractivity contribution in [2.24, 2.45) is 7.05 Å². The zero-order valence-corrected chi connectivity index (χ0v) is 11.9. The molecule has 19 heavy (non-hydrogen) atoms. The van der Waals surface area contributed by atoms with Crippen LogP contribution >= 0.6 is 11.6 Å². The molecule has 0 saturated heterocycles. The lowest BCUT2D eigenvalue weighted by molar-refractivity contribution is 0.355. The summed E-state index contributed by atoms with van der Waals surface area (Å²) in [5.74, 6) is 1.25. The lowest BCUT2D eigenvalue weighted by atomic mass is 10.2. The van der Waals surface area contributed by atoms with Gasteiger partial charge in [-0.3, -0.25) is 4.68 Å². The van der Waals surface area contributed by atoms with E-state index in [2.05, 4.69) is 10.4 Å². The number of benzene rings is 1. The Bertz CT molecular complexity index is 569. The van der Waals surface area contributed by atoms with Crippen molar-refractivity contribution < 1.29 is 9.47 Å². The lowest BCUT2D eigenvalue weighted by Crippen LogP contribution is -2.06. The van der Waals surface area contributed by atoms with Crippen LogP contribution in [0, 0.1) is 0 Å². The lowest BCUT2D eigenvalue weighted by Gasteiger charge is -2.13. The van der Waals surface area contributed by atoms with E-state index in [1.54, 1.807) is 26.5 Å². The molecule has 0 aliphatic heterocycles. The van der Waals surface area contributed by atoms with Gasteiger partial charge in [0.25, 0.3) is 0 Å². The molecule has 0 saturated carbocycles. The van der Waals surface area contributed by atoms with Gasteiger partial charge in [-0.05, 0) is 6.07 Å². The van der Waals surface area contributed by atoms with Gasteiger partial charge in [0.15, 0.2) is 11.5 Å². The first-order valence-electron chi connectivity index (χ1n) is 5.78. The molecule has 0 aliphatic rings. The van der Waals surface area contributed by atoms with Crippen molar-refractivity contribution in [1.29, 1.82) is 0 Å². The molecular weight excluding hydrogens is 266 g/mol. The fourth-order valence-electron chi connectivity index (χ4n) is 1.75. The van der Waals surface area contributed by atoms with Crippen LogP contribution < -0.4 is 14.8 Å². The van der Waals surface area contributed by atoms with Crippen molar-refractivity contribution in [1.82, 2.24) is 9.78 Å². The molecule has 2 rings (SSSR count). The van der Waals surface area contributed by atoms with Gasteiger partial charge in [0.2, 0.25) is 0 Å². The third-order valence-electron chi connectivity index (χ3n) is 2.86. The molecule has 2 aromatic rings. The molecule has 0 bridgehead atoms. The van der Waals surface area contributed by atoms with E-state index in [1.807, 2.05) is 23.9 Å². The second kappa shape index (κ2) is 5.84. The summed E-state index contributed by atoms with van der Waals surface area (Å²) in [4.78, 5) is 0. The normalized spacial score (nSPS) is 10.3. The first kappa shape index (κ1) is 13.5. The highest BCUT2D eigenvalue weighted by molar-refractivity contribution is 6.33. The summed E-state index contributed by atoms with van der Waals surface area (Å²) in [5, 5.41) is 7.95. The Kier molecular flexibility index (Phi) is 4.16. The molecule has 1 N–H and O–H groups in total. The first-order chi connectivity index (χ1) is 9.15. The molecule has 102 valence electrons. The van der Waals surface area contributed by atoms with E-state index >= 15 is 0 Å². The third-order valence-corrected chi connectivity index (χ3v) is 3.17. The van der Waals surface area contributed by atoms with Crippen LogP contribution in [-0.4, -0.2) is 24.0 Å². The van der Waals surface area contributed by atoms with E-state index in [1.165, 1.54) is 0 Å². The average Bonchev–Trinajstić information content (AvgIpc) is 2.82. The van der Waals surface area contributed by atoms with Crippen molar-refractivity contribution >= 4 is 17.3 Å². The Morgan fingerprint density at radius 1 is 1.26 bits per heavy atom. The zero-order valence-electron chi connectivity index (χ0n) is 11.1. The quantitative estimate of drug-likeness (QED) is 0.915. The molecule has 0 aliphatic carbocycles. The molecule has 0 amide bonds. The van der Waals surface area contributed by atoms with Crippen molar-refractivity contribution in [3.05, 3.63) is 35.1 Å². The van der Waals surface area contributed by atoms with Crippen LogP contribution in [0.25, 0.3) is 0 Å². The van der Waals surface area contributed by atoms with Crippen molar-refractivity contribution in [2.45, 2.75) is 6.54 Å². The number of hydrogen-bond acceptors (Lipinski definition) is 4. The highest BCUT2D eigenvalue weighted by atomic mass is 35.5. The maximum absolute atomic E-state index is 6.20. The van der Waals surface area contributed by atoms with Crippen LogP contribution in [0.2, 0.25) is 5.02 Å². The number of anilines is 1. The van der Waals surface area contributed by atoms with Crippen LogP contribution in [-0.2, 0) is 13.6 Å². The topological polar surface area (TPSA) is 48.3 Å². The summed E-state index contributed by atoms with van der Waals surface area (Å²) in [7, 11) is 5.07. The number of nitrogens with zero attached hydrogens (tertiary/aromatic N) is 2. The van der Waals surface area contributed by atoms with Gasteiger partial charge in [0, 0.05) is 25.4 Å². The van der Waals surface area contributed by atoms with Gasteiger partial charge in [-0.15, -0.1) is 0 Å². The number of methoxy groups -OCH3 is 2. The molecule has 0 spiro atoms. The second-order valence-electron chi connectivity index (χ2n) is 3.99. The van der Waals surface area contributed by atoms with Gasteiger partial charge in [-0.2, -0.15) is 5.10 Å². The molecule has 1 heterocycles. The number of hydrogen-bond donors (Lipinski definition) is 1. The van der Waals surface area contributed by atoms with E-state index in [-0.39, 0.29) is 0 Å². The molecule has 6 heteroatoms. The molecule has 1 aromatic carbocycles. The Morgan fingerprint density at radius 3 is 2.53 bits per heavy atom. The van der Waals surface area contributed by atoms with E-state index in [0.717, 1.165) is 11.4 Å². The molecule has 1 aromatic heterocycles. The molecule has 0 unspecified atom stereocenters. The van der Waals surface area contributed by atoms with Crippen molar-refractivity contribution in [3.63, 3.8) is 0 Å². The number of rotatable bonds is 5. The Labute approximate surface area is 117 Å². The maximum Gasteiger partial charge on any atom is 0.162 e. The number of ether oxygens (including phenoxy) is 2. The minimum atomic E-state index is 0.583. The van der Waals surface area contributed by atoms with Gasteiger partial charge < -0.3 is 14.8 Å². The van der Waals surface area contributed by atoms with Crippen molar-refractivity contribution in [3.8, 4) is 11.5 Å². The summed E-state index contributed by atoms with van der Waals surface area (Å²) in [6, 6.07) is 5.49. The van der Waals surface area contributed by atoms with Gasteiger partial charge in [-0.1, -0.05) is 11.6 Å². The Hall–Kier alpha value is -1.88. The summed E-state index contributed by atoms with van der Waals surface area (Å²) < 4.78 is 12.2. The fraction of sp³-hybridized carbons (Fsp3) is 0.308. The van der Waals surface area contributed by atoms with Gasteiger partial charge in [0.05, 0.1) is 37.2 Å². The predicted octanol–water partition coefficient (Wildman–Crippen LogP) is 2.70. The van der Waals surface area contributed by atoms with Crippen LogP contribution in [0.5, 0.6) is 11.5 Å². The van der Waals surface area contributed by atoms with E-state index in [4.69, 9.17) is 21.1 Å². The van der Waals surface area contributed by atoms with E-state index in [9.17, 15) is 0 Å². The number of aryl methyl sites for hydroxylation is 1. The number of aromatic nitrogens is 2. The van der Waals surface area contributed by atoms with Gasteiger partial charge >= 0.3 is 0 Å². The van der Waals surface area contributed by atoms with Crippen LogP contribution in [0.4, 0.5) is 5.69 Å². The first-order valence-corrected chi connectivity index (χ1v) is 6.15. The summed E-state index contributed by atoms with van der Waals surface area (Å²) in [5.41, 5.74) is 1.85. The summed E-state index contributed by atoms with van der Waals surface area (Å²) in [6.07, 6.45) is 1.76. The fourth-order valence-corrected chi connectivity index (χ4v) is 1.97. The van der Waals surface area contributed by atoms with E-state index < -0.39 is 0 Å². The number of halogens is 1. The third kappa shape index (κ3) is 2.93. The van der Waals surface area contributed by atoms with Crippen LogP contribution in [0.3, 0.4) is 0 Å². The zero-order chi connectivity index (χ0) is 13.8. The predicted molar refractivity (Wildman–Crippen MR) is 75.1 cm³/mol. The summed E-state index contributed by atoms with van der Waals surface area (Å²) in [6.45, 7) is 0.631. The standard InChI is InChI=1S/C13H16ClN3O2/c1-17-9(4-5-16-17)8-15-11-7-13(19-3)12(18-2)6-10(11)14/h4-7,15H,8H2,1-3H3. The number of nitrogens with one attached hydrogen (secondary N) is 1. The largest absolute Gasteiger partial charge is 0.493 e. The molecule has 0 radical (unpaired) electrons. The minimum Gasteiger partial charge on any atom is -0.493 e. The van der Waals surface area contributed by atoms with E-state index in [0.29, 0.717) is 23.1 Å². The Balaban J connectivity index is 2.18. The molecular formula is C13H16ClN3O2. The highest BCUT2D eigenvalue weighted by Gasteiger charge is 2.10. The molecule has 5 nitrogen and oxygen atoms in total. The smallest absolute Gasteiger partial charge is 0.162 e. The molecule has 0 fully saturated rings. The summed E-state index contributed by atoms with van der Waals surface area (Å²) >= 11 is 6.20. The van der Waals surface area contributed by atoms with Gasteiger partial charge in [0.1, 0.15) is 0 Å². The second-order valence-corrected chi connectivity index (χ2v) is 4.39. The molecule has 0 atom stereocenters. The van der Waals surface area contributed by atoms with Crippen molar-refractivity contribution in [2.75, 3.05) is 19.5 Å². The Morgan fingerprint density at radius 2 is 1.95 bits per heavy atom. The highest BCUT2D eigenvalue weighted by Crippen LogP contribution is 2.36. The average molecular weight is 282 g/mol. The maximum atomic E-state index is 6.20.